The van der Waals surface area contributed by atoms with Gasteiger partial charge in [-0.25, -0.2) is 0 Å². The Balaban J connectivity index is 2.22. The van der Waals surface area contributed by atoms with Crippen LogP contribution in [0.5, 0.6) is 0 Å². The van der Waals surface area contributed by atoms with Crippen molar-refractivity contribution in [3.8, 4) is 0 Å². The summed E-state index contributed by atoms with van der Waals surface area (Å²) in [6.07, 6.45) is 4.77. The lowest BCUT2D eigenvalue weighted by molar-refractivity contribution is 0.398. The number of aryl methyl sites for hydroxylation is 1. The Kier molecular flexibility index (Phi) is 7.52. The average molecular weight is 324 g/mol. The van der Waals surface area contributed by atoms with Crippen molar-refractivity contribution < 1.29 is 0 Å². The van der Waals surface area contributed by atoms with Gasteiger partial charge in [0.1, 0.15) is 0 Å². The molecule has 0 fully saturated rings. The molecule has 0 saturated carbocycles. The van der Waals surface area contributed by atoms with Crippen LogP contribution >= 0.6 is 0 Å². The molecule has 0 aromatic heterocycles. The predicted molar refractivity (Wildman–Crippen MR) is 106 cm³/mol. The van der Waals surface area contributed by atoms with E-state index in [2.05, 4.69) is 87.4 Å². The quantitative estimate of drug-likeness (QED) is 0.584. The van der Waals surface area contributed by atoms with Crippen LogP contribution in [-0.2, 0) is 12.8 Å². The molecule has 1 heteroatoms. The van der Waals surface area contributed by atoms with Gasteiger partial charge in [0.05, 0.1) is 0 Å². The maximum atomic E-state index is 2.41. The number of rotatable bonds is 9. The number of nitrogens with zero attached hydrogens (tertiary/aromatic N) is 1. The van der Waals surface area contributed by atoms with Crippen molar-refractivity contribution in [2.75, 3.05) is 20.6 Å². The van der Waals surface area contributed by atoms with E-state index in [1.807, 2.05) is 0 Å². The fourth-order valence-electron chi connectivity index (χ4n) is 3.48. The largest absolute Gasteiger partial charge is 0.309 e. The molecule has 0 spiro atoms. The van der Waals surface area contributed by atoms with E-state index in [1.165, 1.54) is 24.8 Å². The Bertz CT molecular complexity index is 588. The van der Waals surface area contributed by atoms with Crippen molar-refractivity contribution in [2.45, 2.75) is 45.4 Å². The zero-order valence-electron chi connectivity index (χ0n) is 15.8. The molecule has 0 aliphatic carbocycles. The SMILES string of the molecule is CCC(C)C(Cc1ccccc1)c1ccccc1CCCN(C)C. The molecule has 24 heavy (non-hydrogen) atoms. The molecule has 1 nitrogen and oxygen atoms in total. The molecule has 0 amide bonds. The summed E-state index contributed by atoms with van der Waals surface area (Å²) in [7, 11) is 4.31. The molecule has 2 unspecified atom stereocenters. The Morgan fingerprint density at radius 3 is 2.25 bits per heavy atom. The van der Waals surface area contributed by atoms with Crippen LogP contribution in [0.4, 0.5) is 0 Å². The van der Waals surface area contributed by atoms with Crippen LogP contribution in [0.1, 0.15) is 49.3 Å². The lowest BCUT2D eigenvalue weighted by Crippen LogP contribution is -2.16. The Morgan fingerprint density at radius 2 is 1.58 bits per heavy atom. The van der Waals surface area contributed by atoms with Gasteiger partial charge in [-0.15, -0.1) is 0 Å². The lowest BCUT2D eigenvalue weighted by atomic mass is 9.79. The van der Waals surface area contributed by atoms with Crippen LogP contribution in [0.2, 0.25) is 0 Å². The van der Waals surface area contributed by atoms with E-state index in [0.717, 1.165) is 13.0 Å². The first-order valence-corrected chi connectivity index (χ1v) is 9.38. The molecular weight excluding hydrogens is 290 g/mol. The molecular formula is C23H33N. The van der Waals surface area contributed by atoms with Gasteiger partial charge in [0.2, 0.25) is 0 Å². The van der Waals surface area contributed by atoms with Gasteiger partial charge in [0.15, 0.2) is 0 Å². The van der Waals surface area contributed by atoms with Gasteiger partial charge in [-0.3, -0.25) is 0 Å². The van der Waals surface area contributed by atoms with E-state index in [1.54, 1.807) is 11.1 Å². The smallest absolute Gasteiger partial charge is 0.00217 e. The van der Waals surface area contributed by atoms with Gasteiger partial charge in [-0.1, -0.05) is 74.9 Å². The first kappa shape index (κ1) is 18.7. The molecule has 2 atom stereocenters. The van der Waals surface area contributed by atoms with Crippen LogP contribution < -0.4 is 0 Å². The molecule has 2 aromatic carbocycles. The molecule has 2 aromatic rings. The summed E-state index contributed by atoms with van der Waals surface area (Å²) < 4.78 is 0. The third kappa shape index (κ3) is 5.49. The highest BCUT2D eigenvalue weighted by Gasteiger charge is 2.21. The van der Waals surface area contributed by atoms with Crippen LogP contribution in [-0.4, -0.2) is 25.5 Å². The van der Waals surface area contributed by atoms with E-state index in [0.29, 0.717) is 11.8 Å². The third-order valence-electron chi connectivity index (χ3n) is 5.14. The number of hydrogen-bond donors (Lipinski definition) is 0. The molecule has 0 N–H and O–H groups in total. The number of hydrogen-bond acceptors (Lipinski definition) is 1. The predicted octanol–water partition coefficient (Wildman–Crippen LogP) is 5.55. The van der Waals surface area contributed by atoms with Crippen molar-refractivity contribution in [1.82, 2.24) is 4.90 Å². The Hall–Kier alpha value is -1.60. The average Bonchev–Trinajstić information content (AvgIpc) is 2.60. The molecule has 0 saturated heterocycles. The van der Waals surface area contributed by atoms with E-state index in [9.17, 15) is 0 Å². The van der Waals surface area contributed by atoms with Gasteiger partial charge >= 0.3 is 0 Å². The minimum Gasteiger partial charge on any atom is -0.309 e. The highest BCUT2D eigenvalue weighted by atomic mass is 15.0. The standard InChI is InChI=1S/C23H33N/c1-5-19(2)23(18-20-12-7-6-8-13-20)22-16-10-9-14-21(22)15-11-17-24(3)4/h6-10,12-14,16,19,23H,5,11,15,17-18H2,1-4H3. The summed E-state index contributed by atoms with van der Waals surface area (Å²) in [5.74, 6) is 1.30. The highest BCUT2D eigenvalue weighted by Crippen LogP contribution is 2.33. The van der Waals surface area contributed by atoms with E-state index < -0.39 is 0 Å². The second-order valence-corrected chi connectivity index (χ2v) is 7.29. The van der Waals surface area contributed by atoms with Gasteiger partial charge < -0.3 is 4.90 Å². The monoisotopic (exact) mass is 323 g/mol. The van der Waals surface area contributed by atoms with Gasteiger partial charge in [-0.05, 0) is 68.4 Å². The van der Waals surface area contributed by atoms with Crippen LogP contribution in [0.25, 0.3) is 0 Å². The molecule has 0 heterocycles. The molecule has 2 rings (SSSR count). The van der Waals surface area contributed by atoms with Crippen molar-refractivity contribution in [3.05, 3.63) is 71.3 Å². The highest BCUT2D eigenvalue weighted by molar-refractivity contribution is 5.33. The maximum absolute atomic E-state index is 2.41. The maximum Gasteiger partial charge on any atom is -0.00217 e. The summed E-state index contributed by atoms with van der Waals surface area (Å²) in [6, 6.07) is 20.1. The zero-order valence-corrected chi connectivity index (χ0v) is 15.8. The minimum atomic E-state index is 0.605. The van der Waals surface area contributed by atoms with E-state index >= 15 is 0 Å². The molecule has 0 aliphatic rings. The molecule has 0 bridgehead atoms. The first-order valence-electron chi connectivity index (χ1n) is 9.38. The van der Waals surface area contributed by atoms with Crippen molar-refractivity contribution in [3.63, 3.8) is 0 Å². The Labute approximate surface area is 148 Å². The summed E-state index contributed by atoms with van der Waals surface area (Å²) >= 11 is 0. The fourth-order valence-corrected chi connectivity index (χ4v) is 3.48. The molecule has 0 aliphatic heterocycles. The summed E-state index contributed by atoms with van der Waals surface area (Å²) in [6.45, 7) is 5.88. The molecule has 0 radical (unpaired) electrons. The fraction of sp³-hybridized carbons (Fsp3) is 0.478. The topological polar surface area (TPSA) is 3.24 Å². The lowest BCUT2D eigenvalue weighted by Gasteiger charge is -2.26. The van der Waals surface area contributed by atoms with E-state index in [4.69, 9.17) is 0 Å². The second-order valence-electron chi connectivity index (χ2n) is 7.29. The van der Waals surface area contributed by atoms with Crippen molar-refractivity contribution in [2.24, 2.45) is 5.92 Å². The van der Waals surface area contributed by atoms with Crippen LogP contribution in [0.3, 0.4) is 0 Å². The molecule has 130 valence electrons. The Morgan fingerprint density at radius 1 is 0.917 bits per heavy atom. The van der Waals surface area contributed by atoms with Crippen molar-refractivity contribution >= 4 is 0 Å². The minimum absolute atomic E-state index is 0.605. The normalized spacial score (nSPS) is 13.9. The van der Waals surface area contributed by atoms with Crippen LogP contribution in [0.15, 0.2) is 54.6 Å². The van der Waals surface area contributed by atoms with Gasteiger partial charge in [-0.2, -0.15) is 0 Å². The zero-order chi connectivity index (χ0) is 17.4. The number of benzene rings is 2. The van der Waals surface area contributed by atoms with Crippen molar-refractivity contribution in [1.29, 1.82) is 0 Å². The second kappa shape index (κ2) is 9.64. The first-order chi connectivity index (χ1) is 11.6. The van der Waals surface area contributed by atoms with E-state index in [-0.39, 0.29) is 0 Å². The van der Waals surface area contributed by atoms with Gasteiger partial charge in [0.25, 0.3) is 0 Å². The summed E-state index contributed by atoms with van der Waals surface area (Å²) in [5.41, 5.74) is 4.56. The summed E-state index contributed by atoms with van der Waals surface area (Å²) in [5, 5.41) is 0. The summed E-state index contributed by atoms with van der Waals surface area (Å²) in [4.78, 5) is 2.28. The van der Waals surface area contributed by atoms with Crippen LogP contribution in [0, 0.1) is 5.92 Å². The van der Waals surface area contributed by atoms with Gasteiger partial charge in [0, 0.05) is 0 Å². The third-order valence-corrected chi connectivity index (χ3v) is 5.14.